The van der Waals surface area contributed by atoms with E-state index in [2.05, 4.69) is 46.8 Å². The summed E-state index contributed by atoms with van der Waals surface area (Å²) < 4.78 is 5.11. The molecule has 2 N–H and O–H groups in total. The van der Waals surface area contributed by atoms with Gasteiger partial charge in [0.2, 0.25) is 0 Å². The van der Waals surface area contributed by atoms with Crippen LogP contribution in [-0.2, 0) is 17.9 Å². The molecule has 118 valence electrons. The van der Waals surface area contributed by atoms with Gasteiger partial charge >= 0.3 is 0 Å². The lowest BCUT2D eigenvalue weighted by Gasteiger charge is -2.12. The summed E-state index contributed by atoms with van der Waals surface area (Å²) in [5, 5.41) is 6.68. The third kappa shape index (κ3) is 7.71. The molecule has 0 atom stereocenters. The van der Waals surface area contributed by atoms with E-state index in [1.807, 2.05) is 7.05 Å². The van der Waals surface area contributed by atoms with Crippen LogP contribution in [0.4, 0.5) is 0 Å². The van der Waals surface area contributed by atoms with Crippen LogP contribution in [-0.4, -0.2) is 26.7 Å². The maximum absolute atomic E-state index is 5.11. The minimum absolute atomic E-state index is 0.661. The van der Waals surface area contributed by atoms with Crippen LogP contribution in [0, 0.1) is 0 Å². The zero-order valence-corrected chi connectivity index (χ0v) is 13.6. The Kier molecular flexibility index (Phi) is 9.29. The summed E-state index contributed by atoms with van der Waals surface area (Å²) >= 11 is 0. The fourth-order valence-electron chi connectivity index (χ4n) is 2.08. The van der Waals surface area contributed by atoms with Gasteiger partial charge in [0.1, 0.15) is 0 Å². The first-order valence-electron chi connectivity index (χ1n) is 7.81. The molecule has 4 heteroatoms. The monoisotopic (exact) mass is 291 g/mol. The van der Waals surface area contributed by atoms with E-state index in [0.29, 0.717) is 6.61 Å². The van der Waals surface area contributed by atoms with Gasteiger partial charge in [-0.05, 0) is 17.5 Å². The molecule has 0 heterocycles. The van der Waals surface area contributed by atoms with Crippen LogP contribution < -0.4 is 10.6 Å². The highest BCUT2D eigenvalue weighted by Gasteiger charge is 1.98. The van der Waals surface area contributed by atoms with Crippen LogP contribution in [0.2, 0.25) is 0 Å². The molecule has 1 aromatic rings. The second kappa shape index (κ2) is 11.1. The average molecular weight is 291 g/mol. The summed E-state index contributed by atoms with van der Waals surface area (Å²) in [5.41, 5.74) is 2.43. The van der Waals surface area contributed by atoms with E-state index in [9.17, 15) is 0 Å². The summed E-state index contributed by atoms with van der Waals surface area (Å²) in [6.07, 6.45) is 5.05. The largest absolute Gasteiger partial charge is 0.380 e. The number of hydrogen-bond donors (Lipinski definition) is 2. The van der Waals surface area contributed by atoms with Gasteiger partial charge in [0, 0.05) is 27.2 Å². The van der Waals surface area contributed by atoms with Crippen molar-refractivity contribution < 1.29 is 4.74 Å². The second-order valence-corrected chi connectivity index (χ2v) is 5.16. The number of hydrogen-bond acceptors (Lipinski definition) is 2. The van der Waals surface area contributed by atoms with Crippen molar-refractivity contribution in [2.24, 2.45) is 4.99 Å². The lowest BCUT2D eigenvalue weighted by molar-refractivity contribution is 0.185. The van der Waals surface area contributed by atoms with Gasteiger partial charge in [0.15, 0.2) is 5.96 Å². The Balaban J connectivity index is 2.27. The Morgan fingerprint density at radius 2 is 1.76 bits per heavy atom. The van der Waals surface area contributed by atoms with Crippen LogP contribution in [0.3, 0.4) is 0 Å². The molecular formula is C17H29N3O. The second-order valence-electron chi connectivity index (χ2n) is 5.16. The van der Waals surface area contributed by atoms with Gasteiger partial charge in [0.05, 0.1) is 6.61 Å². The molecular weight excluding hydrogens is 262 g/mol. The van der Waals surface area contributed by atoms with E-state index in [1.54, 1.807) is 7.11 Å². The number of aliphatic imine (C=N–C) groups is 1. The third-order valence-corrected chi connectivity index (χ3v) is 3.34. The molecule has 0 aromatic heterocycles. The first-order chi connectivity index (χ1) is 10.3. The molecule has 21 heavy (non-hydrogen) atoms. The zero-order valence-electron chi connectivity index (χ0n) is 13.6. The summed E-state index contributed by atoms with van der Waals surface area (Å²) in [7, 11) is 3.52. The molecule has 1 aromatic carbocycles. The topological polar surface area (TPSA) is 45.7 Å². The van der Waals surface area contributed by atoms with Crippen LogP contribution in [0.5, 0.6) is 0 Å². The lowest BCUT2D eigenvalue weighted by Crippen LogP contribution is -2.37. The van der Waals surface area contributed by atoms with Gasteiger partial charge in [-0.3, -0.25) is 4.99 Å². The predicted molar refractivity (Wildman–Crippen MR) is 89.5 cm³/mol. The molecule has 0 saturated carbocycles. The van der Waals surface area contributed by atoms with E-state index in [0.717, 1.165) is 19.0 Å². The van der Waals surface area contributed by atoms with Crippen molar-refractivity contribution in [2.75, 3.05) is 20.7 Å². The Morgan fingerprint density at radius 1 is 1.05 bits per heavy atom. The SMILES string of the molecule is CCCCCCNC(=NC)NCc1ccc(COC)cc1. The highest BCUT2D eigenvalue weighted by atomic mass is 16.5. The molecule has 0 fully saturated rings. The minimum atomic E-state index is 0.661. The molecule has 0 saturated heterocycles. The van der Waals surface area contributed by atoms with Crippen molar-refractivity contribution in [3.05, 3.63) is 35.4 Å². The number of benzene rings is 1. The van der Waals surface area contributed by atoms with E-state index >= 15 is 0 Å². The predicted octanol–water partition coefficient (Wildman–Crippen LogP) is 3.08. The minimum Gasteiger partial charge on any atom is -0.380 e. The fraction of sp³-hybridized carbons (Fsp3) is 0.588. The number of rotatable bonds is 9. The van der Waals surface area contributed by atoms with Crippen LogP contribution in [0.25, 0.3) is 0 Å². The van der Waals surface area contributed by atoms with Gasteiger partial charge in [-0.1, -0.05) is 50.5 Å². The van der Waals surface area contributed by atoms with Crippen molar-refractivity contribution >= 4 is 5.96 Å². The molecule has 0 amide bonds. The highest BCUT2D eigenvalue weighted by molar-refractivity contribution is 5.79. The van der Waals surface area contributed by atoms with E-state index in [1.165, 1.54) is 36.8 Å². The summed E-state index contributed by atoms with van der Waals surface area (Å²) in [4.78, 5) is 4.24. The van der Waals surface area contributed by atoms with Crippen molar-refractivity contribution in [1.82, 2.24) is 10.6 Å². The van der Waals surface area contributed by atoms with Gasteiger partial charge in [-0.2, -0.15) is 0 Å². The van der Waals surface area contributed by atoms with Crippen molar-refractivity contribution in [3.63, 3.8) is 0 Å². The first kappa shape index (κ1) is 17.5. The number of nitrogens with zero attached hydrogens (tertiary/aromatic N) is 1. The van der Waals surface area contributed by atoms with E-state index in [4.69, 9.17) is 4.74 Å². The van der Waals surface area contributed by atoms with Crippen LogP contribution in [0.15, 0.2) is 29.3 Å². The van der Waals surface area contributed by atoms with Crippen LogP contribution in [0.1, 0.15) is 43.7 Å². The van der Waals surface area contributed by atoms with Crippen molar-refractivity contribution in [3.8, 4) is 0 Å². The maximum atomic E-state index is 5.11. The Labute approximate surface area is 129 Å². The highest BCUT2D eigenvalue weighted by Crippen LogP contribution is 2.05. The number of nitrogens with one attached hydrogen (secondary N) is 2. The van der Waals surface area contributed by atoms with E-state index in [-0.39, 0.29) is 0 Å². The smallest absolute Gasteiger partial charge is 0.191 e. The summed E-state index contributed by atoms with van der Waals surface area (Å²) in [6, 6.07) is 8.44. The Hall–Kier alpha value is -1.55. The molecule has 0 aliphatic carbocycles. The molecule has 0 spiro atoms. The Morgan fingerprint density at radius 3 is 2.38 bits per heavy atom. The first-order valence-corrected chi connectivity index (χ1v) is 7.81. The number of methoxy groups -OCH3 is 1. The molecule has 0 bridgehead atoms. The molecule has 0 aliphatic rings. The van der Waals surface area contributed by atoms with Crippen molar-refractivity contribution in [2.45, 2.75) is 45.8 Å². The van der Waals surface area contributed by atoms with Gasteiger partial charge in [-0.25, -0.2) is 0 Å². The molecule has 0 aliphatic heterocycles. The number of ether oxygens (including phenoxy) is 1. The van der Waals surface area contributed by atoms with Gasteiger partial charge < -0.3 is 15.4 Å². The number of unbranched alkanes of at least 4 members (excludes halogenated alkanes) is 3. The fourth-order valence-corrected chi connectivity index (χ4v) is 2.08. The number of guanidine groups is 1. The maximum Gasteiger partial charge on any atom is 0.191 e. The summed E-state index contributed by atoms with van der Waals surface area (Å²) in [6.45, 7) is 4.65. The normalized spacial score (nSPS) is 11.5. The summed E-state index contributed by atoms with van der Waals surface area (Å²) in [5.74, 6) is 0.868. The van der Waals surface area contributed by atoms with Gasteiger partial charge in [-0.15, -0.1) is 0 Å². The van der Waals surface area contributed by atoms with Crippen molar-refractivity contribution in [1.29, 1.82) is 0 Å². The third-order valence-electron chi connectivity index (χ3n) is 3.34. The van der Waals surface area contributed by atoms with Crippen LogP contribution >= 0.6 is 0 Å². The molecule has 4 nitrogen and oxygen atoms in total. The standard InChI is InChI=1S/C17H29N3O/c1-4-5-6-7-12-19-17(18-2)20-13-15-8-10-16(11-9-15)14-21-3/h8-11H,4-7,12-14H2,1-3H3,(H2,18,19,20). The Bertz CT molecular complexity index is 401. The lowest BCUT2D eigenvalue weighted by atomic mass is 10.1. The molecule has 0 unspecified atom stereocenters. The zero-order chi connectivity index (χ0) is 15.3. The van der Waals surface area contributed by atoms with E-state index < -0.39 is 0 Å². The molecule has 1 rings (SSSR count). The quantitative estimate of drug-likeness (QED) is 0.417. The average Bonchev–Trinajstić information content (AvgIpc) is 2.52. The van der Waals surface area contributed by atoms with Gasteiger partial charge in [0.25, 0.3) is 0 Å². The molecule has 0 radical (unpaired) electrons.